The first kappa shape index (κ1) is 22.1. The van der Waals surface area contributed by atoms with Gasteiger partial charge in [-0.3, -0.25) is 14.7 Å². The number of pyridine rings is 1. The van der Waals surface area contributed by atoms with Gasteiger partial charge in [0, 0.05) is 31.3 Å². The fourth-order valence-corrected chi connectivity index (χ4v) is 4.61. The lowest BCUT2D eigenvalue weighted by atomic mass is 10.0. The quantitative estimate of drug-likeness (QED) is 0.380. The summed E-state index contributed by atoms with van der Waals surface area (Å²) in [5.74, 6) is 0.679. The number of hydrogen-bond donors (Lipinski definition) is 1. The van der Waals surface area contributed by atoms with Crippen LogP contribution in [0.4, 0.5) is 23.1 Å². The summed E-state index contributed by atoms with van der Waals surface area (Å²) in [6, 6.07) is 15.2. The van der Waals surface area contributed by atoms with Gasteiger partial charge in [-0.15, -0.1) is 0 Å². The third kappa shape index (κ3) is 4.04. The molecule has 34 heavy (non-hydrogen) atoms. The SMILES string of the molecule is Cc1cc(Nc2ncc3c(n2)N(C)CN(c2c(Cl)cccc2Cl)C3=O)ccc1-c1ccncc1. The minimum absolute atomic E-state index is 0.255. The number of nitrogens with zero attached hydrogens (tertiary/aromatic N) is 5. The van der Waals surface area contributed by atoms with Crippen molar-refractivity contribution in [3.63, 3.8) is 0 Å². The van der Waals surface area contributed by atoms with Crippen LogP contribution in [-0.2, 0) is 0 Å². The van der Waals surface area contributed by atoms with Gasteiger partial charge < -0.3 is 10.2 Å². The van der Waals surface area contributed by atoms with Crippen molar-refractivity contribution in [1.29, 1.82) is 0 Å². The largest absolute Gasteiger partial charge is 0.341 e. The van der Waals surface area contributed by atoms with Gasteiger partial charge in [-0.25, -0.2) is 4.98 Å². The number of aryl methyl sites for hydroxylation is 1. The maximum Gasteiger partial charge on any atom is 0.265 e. The fourth-order valence-electron chi connectivity index (χ4n) is 4.01. The van der Waals surface area contributed by atoms with Gasteiger partial charge in [0.15, 0.2) is 0 Å². The second kappa shape index (κ2) is 8.93. The van der Waals surface area contributed by atoms with Gasteiger partial charge in [-0.05, 0) is 60.0 Å². The Morgan fingerprint density at radius 1 is 1.00 bits per heavy atom. The number of halogens is 2. The van der Waals surface area contributed by atoms with Crippen LogP contribution in [0, 0.1) is 6.92 Å². The minimum Gasteiger partial charge on any atom is -0.341 e. The highest BCUT2D eigenvalue weighted by Gasteiger charge is 2.32. The number of carbonyl (C=O) groups excluding carboxylic acids is 1. The highest BCUT2D eigenvalue weighted by Crippen LogP contribution is 2.37. The number of anilines is 4. The van der Waals surface area contributed by atoms with Gasteiger partial charge in [-0.1, -0.05) is 35.3 Å². The van der Waals surface area contributed by atoms with Crippen LogP contribution in [0.5, 0.6) is 0 Å². The van der Waals surface area contributed by atoms with E-state index in [1.807, 2.05) is 42.3 Å². The van der Waals surface area contributed by atoms with Crippen molar-refractivity contribution in [2.24, 2.45) is 0 Å². The Hall–Kier alpha value is -3.68. The first-order valence-corrected chi connectivity index (χ1v) is 11.3. The molecule has 1 N–H and O–H groups in total. The Morgan fingerprint density at radius 3 is 2.44 bits per heavy atom. The summed E-state index contributed by atoms with van der Waals surface area (Å²) in [5.41, 5.74) is 5.04. The van der Waals surface area contributed by atoms with E-state index in [1.54, 1.807) is 30.6 Å². The standard InChI is InChI=1S/C25H20Cl2N6O/c1-15-12-17(6-7-18(15)16-8-10-28-11-9-16)30-25-29-13-19-23(31-25)32(2)14-33(24(19)34)22-20(26)4-3-5-21(22)27/h3-13H,14H2,1-2H3,(H,29,30,31). The summed E-state index contributed by atoms with van der Waals surface area (Å²) < 4.78 is 0. The highest BCUT2D eigenvalue weighted by atomic mass is 35.5. The smallest absolute Gasteiger partial charge is 0.265 e. The van der Waals surface area contributed by atoms with Crippen LogP contribution in [-0.4, -0.2) is 34.6 Å². The molecule has 0 saturated carbocycles. The first-order valence-electron chi connectivity index (χ1n) is 10.5. The zero-order valence-corrected chi connectivity index (χ0v) is 20.0. The van der Waals surface area contributed by atoms with Crippen molar-refractivity contribution < 1.29 is 4.79 Å². The van der Waals surface area contributed by atoms with Crippen molar-refractivity contribution >= 4 is 52.3 Å². The highest BCUT2D eigenvalue weighted by molar-refractivity contribution is 6.40. The molecule has 0 saturated heterocycles. The van der Waals surface area contributed by atoms with Crippen LogP contribution in [0.1, 0.15) is 15.9 Å². The van der Waals surface area contributed by atoms with Crippen molar-refractivity contribution in [2.75, 3.05) is 28.8 Å². The molecule has 9 heteroatoms. The molecule has 1 amide bonds. The van der Waals surface area contributed by atoms with Crippen LogP contribution in [0.2, 0.25) is 10.0 Å². The lowest BCUT2D eigenvalue weighted by Crippen LogP contribution is -2.46. The lowest BCUT2D eigenvalue weighted by molar-refractivity contribution is 0.0982. The third-order valence-electron chi connectivity index (χ3n) is 5.64. The van der Waals surface area contributed by atoms with E-state index in [4.69, 9.17) is 23.2 Å². The molecular weight excluding hydrogens is 471 g/mol. The predicted octanol–water partition coefficient (Wildman–Crippen LogP) is 5.95. The maximum atomic E-state index is 13.2. The number of para-hydroxylation sites is 1. The van der Waals surface area contributed by atoms with Crippen LogP contribution < -0.4 is 15.1 Å². The topological polar surface area (TPSA) is 74.2 Å². The molecule has 7 nitrogen and oxygen atoms in total. The fraction of sp³-hybridized carbons (Fsp3) is 0.120. The number of fused-ring (bicyclic) bond motifs is 1. The number of carbonyl (C=O) groups is 1. The minimum atomic E-state index is -0.257. The van der Waals surface area contributed by atoms with Gasteiger partial charge in [-0.2, -0.15) is 4.98 Å². The molecule has 0 radical (unpaired) electrons. The molecule has 0 atom stereocenters. The molecule has 0 unspecified atom stereocenters. The van der Waals surface area contributed by atoms with Gasteiger partial charge in [0.05, 0.1) is 22.4 Å². The van der Waals surface area contributed by atoms with E-state index in [2.05, 4.69) is 27.2 Å². The van der Waals surface area contributed by atoms with Gasteiger partial charge in [0.1, 0.15) is 11.4 Å². The van der Waals surface area contributed by atoms with Crippen molar-refractivity contribution in [3.8, 4) is 11.1 Å². The number of aromatic nitrogens is 3. The number of benzene rings is 2. The second-order valence-corrected chi connectivity index (χ2v) is 8.78. The van der Waals surface area contributed by atoms with Crippen LogP contribution in [0.15, 0.2) is 67.1 Å². The van der Waals surface area contributed by atoms with Crippen LogP contribution in [0.3, 0.4) is 0 Å². The van der Waals surface area contributed by atoms with E-state index < -0.39 is 0 Å². The Kier molecular flexibility index (Phi) is 5.81. The van der Waals surface area contributed by atoms with Gasteiger partial charge >= 0.3 is 0 Å². The maximum absolute atomic E-state index is 13.2. The Morgan fingerprint density at radius 2 is 1.74 bits per heavy atom. The molecule has 4 aromatic rings. The summed E-state index contributed by atoms with van der Waals surface area (Å²) >= 11 is 12.7. The Balaban J connectivity index is 1.42. The first-order chi connectivity index (χ1) is 16.4. The van der Waals surface area contributed by atoms with E-state index in [1.165, 1.54) is 11.1 Å². The van der Waals surface area contributed by atoms with Crippen LogP contribution in [0.25, 0.3) is 11.1 Å². The molecule has 0 aliphatic carbocycles. The molecule has 0 bridgehead atoms. The van der Waals surface area contributed by atoms with Crippen LogP contribution >= 0.6 is 23.2 Å². The molecule has 1 aliphatic rings. The molecule has 3 heterocycles. The summed E-state index contributed by atoms with van der Waals surface area (Å²) in [6.07, 6.45) is 5.08. The Labute approximate surface area is 207 Å². The molecule has 5 rings (SSSR count). The molecular formula is C25H20Cl2N6O. The van der Waals surface area contributed by atoms with E-state index in [9.17, 15) is 4.79 Å². The molecule has 0 fully saturated rings. The summed E-state index contributed by atoms with van der Waals surface area (Å²) in [5, 5.41) is 4.05. The summed E-state index contributed by atoms with van der Waals surface area (Å²) in [4.78, 5) is 29.7. The van der Waals surface area contributed by atoms with E-state index in [0.717, 1.165) is 22.4 Å². The van der Waals surface area contributed by atoms with Gasteiger partial charge in [0.25, 0.3) is 5.91 Å². The number of amides is 1. The van der Waals surface area contributed by atoms with Crippen molar-refractivity contribution in [3.05, 3.63) is 88.3 Å². The predicted molar refractivity (Wildman–Crippen MR) is 136 cm³/mol. The summed E-state index contributed by atoms with van der Waals surface area (Å²) in [7, 11) is 1.85. The van der Waals surface area contributed by atoms with E-state index in [0.29, 0.717) is 33.1 Å². The van der Waals surface area contributed by atoms with E-state index >= 15 is 0 Å². The third-order valence-corrected chi connectivity index (χ3v) is 6.25. The van der Waals surface area contributed by atoms with Crippen molar-refractivity contribution in [2.45, 2.75) is 6.92 Å². The Bertz CT molecular complexity index is 1380. The summed E-state index contributed by atoms with van der Waals surface area (Å²) in [6.45, 7) is 2.31. The average molecular weight is 491 g/mol. The lowest BCUT2D eigenvalue weighted by Gasteiger charge is -2.35. The average Bonchev–Trinajstić information content (AvgIpc) is 2.83. The molecule has 1 aliphatic heterocycles. The van der Waals surface area contributed by atoms with Gasteiger partial charge in [0.2, 0.25) is 5.95 Å². The van der Waals surface area contributed by atoms with E-state index in [-0.39, 0.29) is 12.6 Å². The molecule has 2 aromatic carbocycles. The zero-order chi connectivity index (χ0) is 23.8. The number of rotatable bonds is 4. The monoisotopic (exact) mass is 490 g/mol. The second-order valence-electron chi connectivity index (χ2n) is 7.96. The van der Waals surface area contributed by atoms with Crippen molar-refractivity contribution in [1.82, 2.24) is 15.0 Å². The molecule has 170 valence electrons. The normalized spacial score (nSPS) is 13.1. The zero-order valence-electron chi connectivity index (χ0n) is 18.5. The molecule has 0 spiro atoms. The number of nitrogens with one attached hydrogen (secondary N) is 1. The molecule has 2 aromatic heterocycles. The number of hydrogen-bond acceptors (Lipinski definition) is 6.